The van der Waals surface area contributed by atoms with Crippen LogP contribution >= 0.6 is 12.4 Å². The van der Waals surface area contributed by atoms with E-state index in [0.29, 0.717) is 30.2 Å². The van der Waals surface area contributed by atoms with Crippen LogP contribution in [0.2, 0.25) is 0 Å². The molecule has 5 rings (SSSR count). The molecule has 3 aromatic rings. The maximum Gasteiger partial charge on any atom is 0.251 e. The van der Waals surface area contributed by atoms with Gasteiger partial charge in [-0.15, -0.1) is 12.4 Å². The van der Waals surface area contributed by atoms with Crippen LogP contribution in [0.4, 0.5) is 8.78 Å². The molecule has 2 aromatic carbocycles. The summed E-state index contributed by atoms with van der Waals surface area (Å²) in [6.45, 7) is 5.11. The Morgan fingerprint density at radius 2 is 2.00 bits per heavy atom. The van der Waals surface area contributed by atoms with E-state index in [1.807, 2.05) is 20.0 Å². The highest BCUT2D eigenvalue weighted by atomic mass is 35.5. The first-order valence-corrected chi connectivity index (χ1v) is 12.7. The summed E-state index contributed by atoms with van der Waals surface area (Å²) in [6, 6.07) is 8.29. The summed E-state index contributed by atoms with van der Waals surface area (Å²) in [7, 11) is 0. The van der Waals surface area contributed by atoms with Gasteiger partial charge in [0, 0.05) is 46.4 Å². The molecule has 2 heterocycles. The number of fused-ring (bicyclic) bond motifs is 2. The number of halogens is 3. The van der Waals surface area contributed by atoms with Gasteiger partial charge < -0.3 is 15.0 Å². The Labute approximate surface area is 217 Å². The number of aromatic amines is 1. The van der Waals surface area contributed by atoms with Gasteiger partial charge in [0.25, 0.3) is 5.91 Å². The molecule has 1 atom stereocenters. The molecule has 36 heavy (non-hydrogen) atoms. The SMILES string of the molecule is CC(C)NC(=O)c1ccc(F)c2c1CC(N(CCCc1c[nH]c3ccc(F)cc13)C1CCC1)CO2.Cl. The van der Waals surface area contributed by atoms with Crippen molar-refractivity contribution < 1.29 is 18.3 Å². The highest BCUT2D eigenvalue weighted by Crippen LogP contribution is 2.35. The lowest BCUT2D eigenvalue weighted by Crippen LogP contribution is -2.52. The van der Waals surface area contributed by atoms with E-state index in [2.05, 4.69) is 15.2 Å². The predicted molar refractivity (Wildman–Crippen MR) is 140 cm³/mol. The van der Waals surface area contributed by atoms with Crippen LogP contribution in [0.3, 0.4) is 0 Å². The number of aryl methyl sites for hydroxylation is 1. The first kappa shape index (κ1) is 26.4. The molecule has 0 saturated heterocycles. The molecule has 2 N–H and O–H groups in total. The van der Waals surface area contributed by atoms with E-state index in [0.717, 1.165) is 48.7 Å². The van der Waals surface area contributed by atoms with Crippen molar-refractivity contribution in [2.45, 2.75) is 70.5 Å². The molecule has 1 unspecified atom stereocenters. The molecule has 194 valence electrons. The molecule has 2 aliphatic rings. The van der Waals surface area contributed by atoms with E-state index in [1.165, 1.54) is 18.6 Å². The Kier molecular flexibility index (Phi) is 8.20. The number of amides is 1. The van der Waals surface area contributed by atoms with E-state index in [-0.39, 0.29) is 42.0 Å². The topological polar surface area (TPSA) is 57.4 Å². The Morgan fingerprint density at radius 1 is 1.19 bits per heavy atom. The molecule has 0 spiro atoms. The molecule has 1 fully saturated rings. The number of carbonyl (C=O) groups is 1. The molecule has 1 aromatic heterocycles. The fourth-order valence-corrected chi connectivity index (χ4v) is 5.39. The maximum atomic E-state index is 14.6. The van der Waals surface area contributed by atoms with Crippen LogP contribution in [-0.2, 0) is 12.8 Å². The van der Waals surface area contributed by atoms with Crippen molar-refractivity contribution in [3.8, 4) is 5.75 Å². The van der Waals surface area contributed by atoms with Crippen LogP contribution in [0, 0.1) is 11.6 Å². The number of aromatic nitrogens is 1. The Balaban J connectivity index is 0.00000304. The molecule has 1 aliphatic heterocycles. The summed E-state index contributed by atoms with van der Waals surface area (Å²) in [5, 5.41) is 3.86. The minimum absolute atomic E-state index is 0. The van der Waals surface area contributed by atoms with Crippen molar-refractivity contribution in [3.05, 3.63) is 64.9 Å². The van der Waals surface area contributed by atoms with Gasteiger partial charge in [-0.1, -0.05) is 6.42 Å². The summed E-state index contributed by atoms with van der Waals surface area (Å²) >= 11 is 0. The quantitative estimate of drug-likeness (QED) is 0.397. The molecule has 1 aliphatic carbocycles. The Bertz CT molecular complexity index is 1220. The van der Waals surface area contributed by atoms with Crippen molar-refractivity contribution in [3.63, 3.8) is 0 Å². The number of nitrogens with one attached hydrogen (secondary N) is 2. The summed E-state index contributed by atoms with van der Waals surface area (Å²) in [6.07, 6.45) is 7.82. The second-order valence-electron chi connectivity index (χ2n) is 10.1. The Morgan fingerprint density at radius 3 is 2.72 bits per heavy atom. The minimum atomic E-state index is -0.415. The number of nitrogens with zero attached hydrogens (tertiary/aromatic N) is 1. The zero-order valence-electron chi connectivity index (χ0n) is 20.8. The van der Waals surface area contributed by atoms with Crippen LogP contribution in [0.15, 0.2) is 36.5 Å². The van der Waals surface area contributed by atoms with Gasteiger partial charge in [0.1, 0.15) is 12.4 Å². The fraction of sp³-hybridized carbons (Fsp3) is 0.464. The first-order valence-electron chi connectivity index (χ1n) is 12.7. The second kappa shape index (κ2) is 11.2. The molecular formula is C28H34ClF2N3O2. The second-order valence-corrected chi connectivity index (χ2v) is 10.1. The van der Waals surface area contributed by atoms with E-state index < -0.39 is 5.82 Å². The van der Waals surface area contributed by atoms with Gasteiger partial charge in [0.15, 0.2) is 11.6 Å². The predicted octanol–water partition coefficient (Wildman–Crippen LogP) is 5.80. The summed E-state index contributed by atoms with van der Waals surface area (Å²) in [5.74, 6) is -0.618. The van der Waals surface area contributed by atoms with E-state index >= 15 is 0 Å². The average molecular weight is 518 g/mol. The third-order valence-electron chi connectivity index (χ3n) is 7.34. The molecule has 1 amide bonds. The standard InChI is InChI=1S/C28H33F2N3O2.ClH/c1-17(2)32-28(34)22-9-10-25(30)27-24(22)14-21(16-35-27)33(20-6-3-7-20)12-4-5-18-15-31-26-11-8-19(29)13-23(18)26;/h8-11,13,15,17,20-21,31H,3-7,12,14,16H2,1-2H3,(H,32,34);1H. The highest BCUT2D eigenvalue weighted by Gasteiger charge is 2.35. The zero-order chi connectivity index (χ0) is 24.5. The molecule has 1 saturated carbocycles. The third-order valence-corrected chi connectivity index (χ3v) is 7.34. The number of H-pyrrole nitrogens is 1. The van der Waals surface area contributed by atoms with Crippen molar-refractivity contribution in [2.75, 3.05) is 13.2 Å². The van der Waals surface area contributed by atoms with Crippen LogP contribution in [0.25, 0.3) is 10.9 Å². The lowest BCUT2D eigenvalue weighted by atomic mass is 9.87. The molecule has 8 heteroatoms. The van der Waals surface area contributed by atoms with Gasteiger partial charge in [-0.2, -0.15) is 0 Å². The van der Waals surface area contributed by atoms with Crippen LogP contribution in [0.1, 0.15) is 61.0 Å². The van der Waals surface area contributed by atoms with Crippen LogP contribution in [0.5, 0.6) is 5.75 Å². The number of ether oxygens (including phenoxy) is 1. The lowest BCUT2D eigenvalue weighted by molar-refractivity contribution is 0.0421. The number of hydrogen-bond donors (Lipinski definition) is 2. The first-order chi connectivity index (χ1) is 16.9. The zero-order valence-corrected chi connectivity index (χ0v) is 21.6. The van der Waals surface area contributed by atoms with Crippen molar-refractivity contribution in [2.24, 2.45) is 0 Å². The van der Waals surface area contributed by atoms with Gasteiger partial charge in [-0.3, -0.25) is 9.69 Å². The van der Waals surface area contributed by atoms with Crippen molar-refractivity contribution in [1.82, 2.24) is 15.2 Å². The fourth-order valence-electron chi connectivity index (χ4n) is 5.39. The van der Waals surface area contributed by atoms with Gasteiger partial charge in [-0.05, 0) is 88.4 Å². The number of rotatable bonds is 8. The Hall–Kier alpha value is -2.64. The molecule has 5 nitrogen and oxygen atoms in total. The van der Waals surface area contributed by atoms with Crippen molar-refractivity contribution >= 4 is 29.2 Å². The van der Waals surface area contributed by atoms with E-state index in [4.69, 9.17) is 4.74 Å². The highest BCUT2D eigenvalue weighted by molar-refractivity contribution is 5.96. The molecular weight excluding hydrogens is 484 g/mol. The number of carbonyl (C=O) groups excluding carboxylic acids is 1. The van der Waals surface area contributed by atoms with Gasteiger partial charge in [0.05, 0.1) is 0 Å². The van der Waals surface area contributed by atoms with E-state index in [9.17, 15) is 13.6 Å². The average Bonchev–Trinajstić information content (AvgIpc) is 3.18. The molecule has 0 bridgehead atoms. The molecule has 0 radical (unpaired) electrons. The monoisotopic (exact) mass is 517 g/mol. The van der Waals surface area contributed by atoms with Gasteiger partial charge in [-0.25, -0.2) is 8.78 Å². The van der Waals surface area contributed by atoms with Crippen LogP contribution in [-0.4, -0.2) is 47.1 Å². The number of hydrogen-bond acceptors (Lipinski definition) is 3. The third kappa shape index (κ3) is 5.37. The van der Waals surface area contributed by atoms with Gasteiger partial charge in [0.2, 0.25) is 0 Å². The van der Waals surface area contributed by atoms with Crippen LogP contribution < -0.4 is 10.1 Å². The summed E-state index contributed by atoms with van der Waals surface area (Å²) < 4.78 is 34.3. The normalized spacial score (nSPS) is 17.4. The summed E-state index contributed by atoms with van der Waals surface area (Å²) in [4.78, 5) is 18.5. The maximum absolute atomic E-state index is 14.6. The summed E-state index contributed by atoms with van der Waals surface area (Å²) in [5.41, 5.74) is 3.22. The lowest BCUT2D eigenvalue weighted by Gasteiger charge is -2.44. The van der Waals surface area contributed by atoms with Crippen molar-refractivity contribution in [1.29, 1.82) is 0 Å². The smallest absolute Gasteiger partial charge is 0.251 e. The largest absolute Gasteiger partial charge is 0.489 e. The van der Waals surface area contributed by atoms with Gasteiger partial charge >= 0.3 is 0 Å². The number of benzene rings is 2. The van der Waals surface area contributed by atoms with E-state index in [1.54, 1.807) is 18.2 Å². The minimum Gasteiger partial charge on any atom is -0.489 e.